The molecule has 174 valence electrons. The first kappa shape index (κ1) is 22.2. The van der Waals surface area contributed by atoms with Crippen molar-refractivity contribution < 1.29 is 13.9 Å². The highest BCUT2D eigenvalue weighted by Gasteiger charge is 2.13. The summed E-state index contributed by atoms with van der Waals surface area (Å²) in [5.74, 6) is 0.178. The van der Waals surface area contributed by atoms with Crippen LogP contribution in [0.25, 0.3) is 22.2 Å². The van der Waals surface area contributed by atoms with Gasteiger partial charge in [0.2, 0.25) is 0 Å². The molecule has 0 spiro atoms. The number of nitrogens with one attached hydrogen (secondary N) is 1. The minimum Gasteiger partial charge on any atom is -0.484 e. The van der Waals surface area contributed by atoms with E-state index >= 15 is 0 Å². The number of nitrogens with zero attached hydrogens (tertiary/aromatic N) is 2. The summed E-state index contributed by atoms with van der Waals surface area (Å²) >= 11 is 0. The molecule has 0 aliphatic carbocycles. The molecule has 0 aliphatic heterocycles. The van der Waals surface area contributed by atoms with Crippen LogP contribution in [0.5, 0.6) is 5.75 Å². The van der Waals surface area contributed by atoms with E-state index in [1.807, 2.05) is 59.4 Å². The van der Waals surface area contributed by atoms with Gasteiger partial charge in [-0.2, -0.15) is 5.10 Å². The van der Waals surface area contributed by atoms with Crippen molar-refractivity contribution in [3.63, 3.8) is 0 Å². The van der Waals surface area contributed by atoms with Gasteiger partial charge in [-0.1, -0.05) is 60.7 Å². The van der Waals surface area contributed by atoms with Crippen LogP contribution in [0.15, 0.2) is 106 Å². The lowest BCUT2D eigenvalue weighted by Gasteiger charge is -2.08. The Balaban J connectivity index is 1.26. The average molecular weight is 466 g/mol. The van der Waals surface area contributed by atoms with Gasteiger partial charge in [-0.25, -0.2) is 4.79 Å². The molecular formula is C28H23N3O4. The molecule has 2 aromatic heterocycles. The molecule has 0 atom stereocenters. The van der Waals surface area contributed by atoms with E-state index in [4.69, 9.17) is 14.3 Å². The monoisotopic (exact) mass is 465 g/mol. The summed E-state index contributed by atoms with van der Waals surface area (Å²) in [6, 6.07) is 28.1. The molecule has 0 bridgehead atoms. The maximum Gasteiger partial charge on any atom is 0.336 e. The van der Waals surface area contributed by atoms with Crippen LogP contribution >= 0.6 is 0 Å². The smallest absolute Gasteiger partial charge is 0.336 e. The van der Waals surface area contributed by atoms with E-state index in [9.17, 15) is 9.59 Å². The number of ether oxygens (including phenoxy) is 1. The molecule has 5 rings (SSSR count). The maximum absolute atomic E-state index is 12.5. The van der Waals surface area contributed by atoms with Crippen molar-refractivity contribution in [3.05, 3.63) is 119 Å². The number of carbonyl (C=O) groups is 1. The number of carbonyl (C=O) groups excluding carboxylic acids is 1. The predicted molar refractivity (Wildman–Crippen MR) is 133 cm³/mol. The second kappa shape index (κ2) is 10.1. The Morgan fingerprint density at radius 2 is 1.69 bits per heavy atom. The molecular weight excluding hydrogens is 442 g/mol. The van der Waals surface area contributed by atoms with Gasteiger partial charge in [0.05, 0.1) is 12.2 Å². The summed E-state index contributed by atoms with van der Waals surface area (Å²) in [7, 11) is 0. The fourth-order valence-corrected chi connectivity index (χ4v) is 3.81. The van der Waals surface area contributed by atoms with Gasteiger partial charge in [-0.05, 0) is 23.8 Å². The molecule has 7 heteroatoms. The molecule has 1 N–H and O–H groups in total. The Labute approximate surface area is 201 Å². The predicted octanol–water partition coefficient (Wildman–Crippen LogP) is 4.40. The van der Waals surface area contributed by atoms with Crippen LogP contribution in [0.2, 0.25) is 0 Å². The van der Waals surface area contributed by atoms with Crippen molar-refractivity contribution in [3.8, 4) is 17.0 Å². The minimum absolute atomic E-state index is 0.165. The number of benzene rings is 3. The Bertz CT molecular complexity index is 1510. The first-order valence-electron chi connectivity index (χ1n) is 11.2. The number of hydrogen-bond donors (Lipinski definition) is 1. The Morgan fingerprint density at radius 1 is 0.943 bits per heavy atom. The summed E-state index contributed by atoms with van der Waals surface area (Å²) in [6.45, 7) is 0.783. The van der Waals surface area contributed by atoms with Crippen LogP contribution in [0, 0.1) is 0 Å². The van der Waals surface area contributed by atoms with E-state index in [1.165, 1.54) is 6.07 Å². The van der Waals surface area contributed by atoms with Gasteiger partial charge in [-0.15, -0.1) is 0 Å². The van der Waals surface area contributed by atoms with Crippen molar-refractivity contribution in [1.29, 1.82) is 0 Å². The van der Waals surface area contributed by atoms with E-state index in [1.54, 1.807) is 24.3 Å². The molecule has 1 amide bonds. The number of rotatable bonds is 8. The molecule has 7 nitrogen and oxygen atoms in total. The molecule has 0 fully saturated rings. The third kappa shape index (κ3) is 5.47. The largest absolute Gasteiger partial charge is 0.484 e. The Morgan fingerprint density at radius 3 is 2.49 bits per heavy atom. The quantitative estimate of drug-likeness (QED) is 0.343. The van der Waals surface area contributed by atoms with Gasteiger partial charge in [0, 0.05) is 41.4 Å². The van der Waals surface area contributed by atoms with Crippen molar-refractivity contribution in [2.45, 2.75) is 13.1 Å². The van der Waals surface area contributed by atoms with Gasteiger partial charge < -0.3 is 14.5 Å². The lowest BCUT2D eigenvalue weighted by Crippen LogP contribution is -2.28. The number of fused-ring (bicyclic) bond motifs is 1. The highest BCUT2D eigenvalue weighted by molar-refractivity contribution is 5.79. The van der Waals surface area contributed by atoms with Crippen molar-refractivity contribution in [2.75, 3.05) is 6.61 Å². The average Bonchev–Trinajstić information content (AvgIpc) is 3.29. The molecule has 2 heterocycles. The van der Waals surface area contributed by atoms with Crippen molar-refractivity contribution >= 4 is 16.9 Å². The zero-order valence-corrected chi connectivity index (χ0v) is 18.9. The summed E-state index contributed by atoms with van der Waals surface area (Å²) in [6.07, 6.45) is 1.96. The number of aromatic nitrogens is 2. The first-order valence-corrected chi connectivity index (χ1v) is 11.2. The van der Waals surface area contributed by atoms with Gasteiger partial charge >= 0.3 is 5.63 Å². The summed E-state index contributed by atoms with van der Waals surface area (Å²) in [5, 5.41) is 8.47. The highest BCUT2D eigenvalue weighted by atomic mass is 16.5. The normalized spacial score (nSPS) is 10.9. The van der Waals surface area contributed by atoms with E-state index in [2.05, 4.69) is 17.4 Å². The zero-order valence-electron chi connectivity index (χ0n) is 18.9. The zero-order chi connectivity index (χ0) is 24.0. The van der Waals surface area contributed by atoms with E-state index in [0.717, 1.165) is 27.8 Å². The lowest BCUT2D eigenvalue weighted by molar-refractivity contribution is -0.123. The number of hydrogen-bond acceptors (Lipinski definition) is 5. The minimum atomic E-state index is -0.436. The van der Waals surface area contributed by atoms with Crippen molar-refractivity contribution in [1.82, 2.24) is 15.1 Å². The Kier molecular flexibility index (Phi) is 6.39. The van der Waals surface area contributed by atoms with E-state index < -0.39 is 5.63 Å². The fraction of sp³-hybridized carbons (Fsp3) is 0.107. The second-order valence-electron chi connectivity index (χ2n) is 8.07. The van der Waals surface area contributed by atoms with Crippen LogP contribution in [0.1, 0.15) is 11.1 Å². The topological polar surface area (TPSA) is 86.4 Å². The third-order valence-electron chi connectivity index (χ3n) is 5.51. The fourth-order valence-electron chi connectivity index (χ4n) is 3.81. The standard InChI is InChI=1S/C28H23N3O4/c32-26(19-34-24-13-11-21-12-14-27(33)35-25(21)15-24)29-16-23-18-31(17-20-7-3-1-4-8-20)30-28(23)22-9-5-2-6-10-22/h1-15,18H,16-17,19H2,(H,29,32). The van der Waals surface area contributed by atoms with Gasteiger partial charge in [0.1, 0.15) is 11.3 Å². The Hall–Kier alpha value is -4.65. The van der Waals surface area contributed by atoms with E-state index in [-0.39, 0.29) is 12.5 Å². The molecule has 0 radical (unpaired) electrons. The maximum atomic E-state index is 12.5. The summed E-state index contributed by atoms with van der Waals surface area (Å²) in [4.78, 5) is 24.0. The second-order valence-corrected chi connectivity index (χ2v) is 8.07. The summed E-state index contributed by atoms with van der Waals surface area (Å²) < 4.78 is 12.7. The van der Waals surface area contributed by atoms with Crippen LogP contribution in [0.4, 0.5) is 0 Å². The van der Waals surface area contributed by atoms with Gasteiger partial charge in [0.25, 0.3) is 5.91 Å². The van der Waals surface area contributed by atoms with Crippen LogP contribution in [0.3, 0.4) is 0 Å². The lowest BCUT2D eigenvalue weighted by atomic mass is 10.1. The molecule has 3 aromatic carbocycles. The molecule has 5 aromatic rings. The van der Waals surface area contributed by atoms with E-state index in [0.29, 0.717) is 24.4 Å². The van der Waals surface area contributed by atoms with Crippen LogP contribution in [-0.4, -0.2) is 22.3 Å². The molecule has 35 heavy (non-hydrogen) atoms. The molecule has 0 aliphatic rings. The molecule has 0 unspecified atom stereocenters. The first-order chi connectivity index (χ1) is 17.1. The van der Waals surface area contributed by atoms with Gasteiger partial charge in [0.15, 0.2) is 6.61 Å². The number of amides is 1. The third-order valence-corrected chi connectivity index (χ3v) is 5.51. The molecule has 0 saturated carbocycles. The molecule has 0 saturated heterocycles. The van der Waals surface area contributed by atoms with Crippen LogP contribution < -0.4 is 15.7 Å². The summed E-state index contributed by atoms with van der Waals surface area (Å²) in [5.41, 5.74) is 3.84. The van der Waals surface area contributed by atoms with Crippen LogP contribution in [-0.2, 0) is 17.9 Å². The van der Waals surface area contributed by atoms with Crippen molar-refractivity contribution in [2.24, 2.45) is 0 Å². The highest BCUT2D eigenvalue weighted by Crippen LogP contribution is 2.23. The van der Waals surface area contributed by atoms with Gasteiger partial charge in [-0.3, -0.25) is 9.48 Å². The SMILES string of the molecule is O=C(COc1ccc2ccc(=O)oc2c1)NCc1cn(Cc2ccccc2)nc1-c1ccccc1.